The van der Waals surface area contributed by atoms with Gasteiger partial charge in [-0.2, -0.15) is 0 Å². The second-order valence-corrected chi connectivity index (χ2v) is 5.48. The van der Waals surface area contributed by atoms with E-state index in [1.54, 1.807) is 0 Å². The minimum Gasteiger partial charge on any atom is -0.333 e. The SMILES string of the molecule is CCCNCc1cncn1CC1CCCN(C)C1. The lowest BCUT2D eigenvalue weighted by Crippen LogP contribution is -2.34. The molecular weight excluding hydrogens is 224 g/mol. The fourth-order valence-electron chi connectivity index (χ4n) is 2.75. The molecule has 0 spiro atoms. The first-order chi connectivity index (χ1) is 8.79. The normalized spacial score (nSPS) is 21.3. The van der Waals surface area contributed by atoms with E-state index in [4.69, 9.17) is 0 Å². The molecule has 1 unspecified atom stereocenters. The van der Waals surface area contributed by atoms with Crippen LogP contribution >= 0.6 is 0 Å². The van der Waals surface area contributed by atoms with E-state index < -0.39 is 0 Å². The summed E-state index contributed by atoms with van der Waals surface area (Å²) in [5.41, 5.74) is 1.32. The topological polar surface area (TPSA) is 33.1 Å². The van der Waals surface area contributed by atoms with Crippen LogP contribution in [0.25, 0.3) is 0 Å². The van der Waals surface area contributed by atoms with Gasteiger partial charge in [0.05, 0.1) is 12.0 Å². The van der Waals surface area contributed by atoms with Crippen LogP contribution in [0.4, 0.5) is 0 Å². The highest BCUT2D eigenvalue weighted by Crippen LogP contribution is 2.17. The first-order valence-electron chi connectivity index (χ1n) is 7.18. The first kappa shape index (κ1) is 13.6. The van der Waals surface area contributed by atoms with E-state index in [1.165, 1.54) is 38.0 Å². The maximum absolute atomic E-state index is 4.29. The van der Waals surface area contributed by atoms with Crippen molar-refractivity contribution in [1.82, 2.24) is 19.8 Å². The Morgan fingerprint density at radius 1 is 1.50 bits per heavy atom. The van der Waals surface area contributed by atoms with Gasteiger partial charge in [-0.05, 0) is 45.3 Å². The lowest BCUT2D eigenvalue weighted by atomic mass is 9.98. The van der Waals surface area contributed by atoms with E-state index in [-0.39, 0.29) is 0 Å². The number of aromatic nitrogens is 2. The highest BCUT2D eigenvalue weighted by atomic mass is 15.1. The zero-order valence-corrected chi connectivity index (χ0v) is 11.7. The van der Waals surface area contributed by atoms with Crippen LogP contribution in [-0.4, -0.2) is 41.1 Å². The molecule has 1 atom stereocenters. The molecule has 0 bridgehead atoms. The summed E-state index contributed by atoms with van der Waals surface area (Å²) in [4.78, 5) is 6.74. The number of piperidine rings is 1. The Balaban J connectivity index is 1.86. The molecule has 4 heteroatoms. The highest BCUT2D eigenvalue weighted by molar-refractivity contribution is 4.98. The molecule has 0 aliphatic carbocycles. The smallest absolute Gasteiger partial charge is 0.0948 e. The molecule has 1 fully saturated rings. The number of hydrogen-bond acceptors (Lipinski definition) is 3. The Morgan fingerprint density at radius 2 is 2.39 bits per heavy atom. The largest absolute Gasteiger partial charge is 0.333 e. The number of rotatable bonds is 6. The predicted octanol–water partition coefficient (Wildman–Crippen LogP) is 1.72. The lowest BCUT2D eigenvalue weighted by Gasteiger charge is -2.30. The maximum atomic E-state index is 4.29. The quantitative estimate of drug-likeness (QED) is 0.781. The van der Waals surface area contributed by atoms with Gasteiger partial charge in [-0.3, -0.25) is 0 Å². The Bertz CT molecular complexity index is 347. The minimum atomic E-state index is 0.780. The van der Waals surface area contributed by atoms with Crippen molar-refractivity contribution >= 4 is 0 Å². The van der Waals surface area contributed by atoms with Crippen LogP contribution in [0, 0.1) is 5.92 Å². The van der Waals surface area contributed by atoms with Gasteiger partial charge in [-0.15, -0.1) is 0 Å². The molecule has 0 aromatic carbocycles. The molecular formula is C14H26N4. The van der Waals surface area contributed by atoms with Crippen LogP contribution in [0.3, 0.4) is 0 Å². The Morgan fingerprint density at radius 3 is 3.17 bits per heavy atom. The van der Waals surface area contributed by atoms with Gasteiger partial charge in [-0.25, -0.2) is 4.98 Å². The summed E-state index contributed by atoms with van der Waals surface area (Å²) < 4.78 is 2.33. The number of hydrogen-bond donors (Lipinski definition) is 1. The molecule has 18 heavy (non-hydrogen) atoms. The Labute approximate surface area is 110 Å². The third-order valence-electron chi connectivity index (χ3n) is 3.71. The molecule has 1 aliphatic heterocycles. The van der Waals surface area contributed by atoms with Crippen LogP contribution in [-0.2, 0) is 13.1 Å². The van der Waals surface area contributed by atoms with Crippen molar-refractivity contribution in [3.8, 4) is 0 Å². The molecule has 1 aliphatic rings. The Kier molecular flexibility index (Phi) is 5.20. The summed E-state index contributed by atoms with van der Waals surface area (Å²) in [6, 6.07) is 0. The zero-order chi connectivity index (χ0) is 12.8. The summed E-state index contributed by atoms with van der Waals surface area (Å²) in [6.45, 7) is 7.81. The third kappa shape index (κ3) is 3.82. The van der Waals surface area contributed by atoms with Crippen molar-refractivity contribution in [2.24, 2.45) is 5.92 Å². The van der Waals surface area contributed by atoms with E-state index in [0.29, 0.717) is 0 Å². The minimum absolute atomic E-state index is 0.780. The second kappa shape index (κ2) is 6.90. The van der Waals surface area contributed by atoms with Crippen molar-refractivity contribution in [3.05, 3.63) is 18.2 Å². The standard InChI is InChI=1S/C14H26N4/c1-3-6-15-8-14-9-16-12-18(14)11-13-5-4-7-17(2)10-13/h9,12-13,15H,3-8,10-11H2,1-2H3. The molecule has 0 amide bonds. The molecule has 4 nitrogen and oxygen atoms in total. The van der Waals surface area contributed by atoms with Crippen molar-refractivity contribution in [2.45, 2.75) is 39.3 Å². The van der Waals surface area contributed by atoms with Gasteiger partial charge in [0.15, 0.2) is 0 Å². The Hall–Kier alpha value is -0.870. The fraction of sp³-hybridized carbons (Fsp3) is 0.786. The van der Waals surface area contributed by atoms with E-state index in [1.807, 2.05) is 12.5 Å². The summed E-state index contributed by atoms with van der Waals surface area (Å²) in [5.74, 6) is 0.780. The molecule has 0 radical (unpaired) electrons. The molecule has 2 rings (SSSR count). The summed E-state index contributed by atoms with van der Waals surface area (Å²) in [6.07, 6.45) is 7.85. The number of nitrogens with zero attached hydrogens (tertiary/aromatic N) is 3. The molecule has 1 aromatic rings. The fourth-order valence-corrected chi connectivity index (χ4v) is 2.75. The second-order valence-electron chi connectivity index (χ2n) is 5.48. The van der Waals surface area contributed by atoms with E-state index >= 15 is 0 Å². The first-order valence-corrected chi connectivity index (χ1v) is 7.18. The van der Waals surface area contributed by atoms with Crippen molar-refractivity contribution in [2.75, 3.05) is 26.7 Å². The zero-order valence-electron chi connectivity index (χ0n) is 11.7. The van der Waals surface area contributed by atoms with Crippen molar-refractivity contribution in [3.63, 3.8) is 0 Å². The van der Waals surface area contributed by atoms with Gasteiger partial charge < -0.3 is 14.8 Å². The van der Waals surface area contributed by atoms with Crippen molar-refractivity contribution in [1.29, 1.82) is 0 Å². The molecule has 102 valence electrons. The number of imidazole rings is 1. The average Bonchev–Trinajstić information content (AvgIpc) is 2.77. The van der Waals surface area contributed by atoms with Crippen LogP contribution in [0.1, 0.15) is 31.9 Å². The third-order valence-corrected chi connectivity index (χ3v) is 3.71. The maximum Gasteiger partial charge on any atom is 0.0948 e. The molecule has 0 saturated carbocycles. The van der Waals surface area contributed by atoms with Crippen LogP contribution in [0.15, 0.2) is 12.5 Å². The van der Waals surface area contributed by atoms with Gasteiger partial charge in [-0.1, -0.05) is 6.92 Å². The molecule has 2 heterocycles. The van der Waals surface area contributed by atoms with Gasteiger partial charge in [0, 0.05) is 25.8 Å². The summed E-state index contributed by atoms with van der Waals surface area (Å²) >= 11 is 0. The van der Waals surface area contributed by atoms with Gasteiger partial charge in [0.2, 0.25) is 0 Å². The predicted molar refractivity (Wildman–Crippen MR) is 74.4 cm³/mol. The number of likely N-dealkylation sites (tertiary alicyclic amines) is 1. The van der Waals surface area contributed by atoms with Gasteiger partial charge >= 0.3 is 0 Å². The molecule has 1 aromatic heterocycles. The van der Waals surface area contributed by atoms with E-state index in [9.17, 15) is 0 Å². The van der Waals surface area contributed by atoms with E-state index in [0.717, 1.165) is 25.6 Å². The van der Waals surface area contributed by atoms with E-state index in [2.05, 4.69) is 33.7 Å². The summed E-state index contributed by atoms with van der Waals surface area (Å²) in [5, 5.41) is 3.45. The number of nitrogens with one attached hydrogen (secondary N) is 1. The highest BCUT2D eigenvalue weighted by Gasteiger charge is 2.18. The summed E-state index contributed by atoms with van der Waals surface area (Å²) in [7, 11) is 2.23. The van der Waals surface area contributed by atoms with Crippen LogP contribution in [0.5, 0.6) is 0 Å². The monoisotopic (exact) mass is 250 g/mol. The van der Waals surface area contributed by atoms with Gasteiger partial charge in [0.1, 0.15) is 0 Å². The van der Waals surface area contributed by atoms with Crippen LogP contribution < -0.4 is 5.32 Å². The van der Waals surface area contributed by atoms with Crippen LogP contribution in [0.2, 0.25) is 0 Å². The molecule has 1 saturated heterocycles. The average molecular weight is 250 g/mol. The van der Waals surface area contributed by atoms with Gasteiger partial charge in [0.25, 0.3) is 0 Å². The van der Waals surface area contributed by atoms with Crippen molar-refractivity contribution < 1.29 is 0 Å². The lowest BCUT2D eigenvalue weighted by molar-refractivity contribution is 0.193. The molecule has 1 N–H and O–H groups in total.